The van der Waals surface area contributed by atoms with Crippen LogP contribution in [0.1, 0.15) is 53.9 Å². The third-order valence-corrected chi connectivity index (χ3v) is 4.04. The van der Waals surface area contributed by atoms with Crippen LogP contribution in [0.15, 0.2) is 0 Å². The summed E-state index contributed by atoms with van der Waals surface area (Å²) in [7, 11) is 0. The Morgan fingerprint density at radius 3 is 2.10 bits per heavy atom. The molecule has 0 aromatic carbocycles. The zero-order valence-corrected chi connectivity index (χ0v) is 14.5. The number of ether oxygens (including phenoxy) is 2. The second-order valence-electron chi connectivity index (χ2n) is 7.00. The molecule has 1 aliphatic rings. The maximum absolute atomic E-state index is 12.2. The van der Waals surface area contributed by atoms with Crippen molar-refractivity contribution in [2.45, 2.75) is 59.4 Å². The summed E-state index contributed by atoms with van der Waals surface area (Å²) < 4.78 is 10.8. The summed E-state index contributed by atoms with van der Waals surface area (Å²) in [6.45, 7) is 14.6. The highest BCUT2D eigenvalue weighted by atomic mass is 16.5. The number of nitrogens with zero attached hydrogens (tertiary/aromatic N) is 1. The molecule has 124 valence electrons. The maximum atomic E-state index is 12.2. The van der Waals surface area contributed by atoms with Crippen LogP contribution in [-0.4, -0.2) is 49.3 Å². The summed E-state index contributed by atoms with van der Waals surface area (Å²) >= 11 is 0. The van der Waals surface area contributed by atoms with Crippen molar-refractivity contribution in [3.63, 3.8) is 0 Å². The molecule has 0 saturated carbocycles. The van der Waals surface area contributed by atoms with E-state index in [9.17, 15) is 4.79 Å². The van der Waals surface area contributed by atoms with E-state index in [4.69, 9.17) is 9.47 Å². The Morgan fingerprint density at radius 2 is 1.67 bits per heavy atom. The molecule has 1 saturated heterocycles. The predicted molar refractivity (Wildman–Crippen MR) is 85.3 cm³/mol. The minimum atomic E-state index is -0.0850. The molecule has 1 heterocycles. The summed E-state index contributed by atoms with van der Waals surface area (Å²) in [5.74, 6) is 1.05. The Balaban J connectivity index is 2.96. The van der Waals surface area contributed by atoms with E-state index in [0.717, 1.165) is 39.1 Å². The molecule has 0 N–H and O–H groups in total. The average molecular weight is 299 g/mol. The van der Waals surface area contributed by atoms with Crippen LogP contribution in [0.4, 0.5) is 0 Å². The molecule has 4 heteroatoms. The first kappa shape index (κ1) is 18.4. The highest BCUT2D eigenvalue weighted by molar-refractivity contribution is 5.71. The number of esters is 1. The molecule has 0 spiro atoms. The largest absolute Gasteiger partial charge is 0.466 e. The number of hydrogen-bond acceptors (Lipinski definition) is 4. The zero-order valence-electron chi connectivity index (χ0n) is 14.5. The monoisotopic (exact) mass is 299 g/mol. The van der Waals surface area contributed by atoms with E-state index in [1.54, 1.807) is 0 Å². The van der Waals surface area contributed by atoms with Crippen molar-refractivity contribution >= 4 is 5.97 Å². The van der Waals surface area contributed by atoms with E-state index >= 15 is 0 Å². The SMILES string of the molecule is CCOC(=O)CC(CC(C)C)(CC(C)C)N1CCOCC1. The van der Waals surface area contributed by atoms with Crippen LogP contribution < -0.4 is 0 Å². The van der Waals surface area contributed by atoms with E-state index in [-0.39, 0.29) is 11.5 Å². The van der Waals surface area contributed by atoms with E-state index < -0.39 is 0 Å². The lowest BCUT2D eigenvalue weighted by Gasteiger charge is -2.47. The van der Waals surface area contributed by atoms with Gasteiger partial charge in [-0.2, -0.15) is 0 Å². The van der Waals surface area contributed by atoms with Gasteiger partial charge in [0.1, 0.15) is 0 Å². The minimum absolute atomic E-state index is 0.0645. The molecular weight excluding hydrogens is 266 g/mol. The zero-order chi connectivity index (χ0) is 15.9. The first-order valence-corrected chi connectivity index (χ1v) is 8.38. The molecule has 0 atom stereocenters. The molecule has 0 unspecified atom stereocenters. The van der Waals surface area contributed by atoms with Crippen LogP contribution in [0.2, 0.25) is 0 Å². The van der Waals surface area contributed by atoms with Gasteiger partial charge in [0.2, 0.25) is 0 Å². The van der Waals surface area contributed by atoms with Gasteiger partial charge in [0, 0.05) is 18.6 Å². The summed E-state index contributed by atoms with van der Waals surface area (Å²) in [6.07, 6.45) is 2.56. The van der Waals surface area contributed by atoms with Crippen LogP contribution in [0.25, 0.3) is 0 Å². The Labute approximate surface area is 130 Å². The molecule has 1 rings (SSSR count). The summed E-state index contributed by atoms with van der Waals surface area (Å²) in [6, 6.07) is 0. The molecule has 0 amide bonds. The fourth-order valence-corrected chi connectivity index (χ4v) is 3.64. The lowest BCUT2D eigenvalue weighted by molar-refractivity contribution is -0.149. The summed E-state index contributed by atoms with van der Waals surface area (Å²) in [4.78, 5) is 14.7. The molecule has 0 aliphatic carbocycles. The third kappa shape index (κ3) is 5.95. The molecule has 21 heavy (non-hydrogen) atoms. The van der Waals surface area contributed by atoms with Crippen molar-refractivity contribution in [1.82, 2.24) is 4.90 Å². The topological polar surface area (TPSA) is 38.8 Å². The van der Waals surface area contributed by atoms with Gasteiger partial charge in [-0.1, -0.05) is 27.7 Å². The van der Waals surface area contributed by atoms with Crippen molar-refractivity contribution in [3.05, 3.63) is 0 Å². The van der Waals surface area contributed by atoms with Gasteiger partial charge in [-0.3, -0.25) is 9.69 Å². The van der Waals surface area contributed by atoms with Crippen LogP contribution in [0.5, 0.6) is 0 Å². The van der Waals surface area contributed by atoms with E-state index in [1.807, 2.05) is 6.92 Å². The molecule has 1 aliphatic heterocycles. The van der Waals surface area contributed by atoms with Crippen molar-refractivity contribution in [2.24, 2.45) is 11.8 Å². The number of rotatable bonds is 8. The Morgan fingerprint density at radius 1 is 1.14 bits per heavy atom. The second-order valence-corrected chi connectivity index (χ2v) is 7.00. The van der Waals surface area contributed by atoms with E-state index in [2.05, 4.69) is 32.6 Å². The second kappa shape index (κ2) is 8.74. The minimum Gasteiger partial charge on any atom is -0.466 e. The quantitative estimate of drug-likeness (QED) is 0.646. The Kier molecular flexibility index (Phi) is 7.67. The smallest absolute Gasteiger partial charge is 0.307 e. The van der Waals surface area contributed by atoms with Crippen LogP contribution >= 0.6 is 0 Å². The van der Waals surface area contributed by atoms with Crippen molar-refractivity contribution < 1.29 is 14.3 Å². The van der Waals surface area contributed by atoms with Gasteiger partial charge in [0.05, 0.1) is 26.2 Å². The van der Waals surface area contributed by atoms with Gasteiger partial charge in [0.25, 0.3) is 0 Å². The van der Waals surface area contributed by atoms with E-state index in [0.29, 0.717) is 24.9 Å². The fraction of sp³-hybridized carbons (Fsp3) is 0.941. The summed E-state index contributed by atoms with van der Waals surface area (Å²) in [5, 5.41) is 0. The molecule has 1 fully saturated rings. The molecular formula is C17H33NO3. The molecule has 0 aromatic rings. The number of carbonyl (C=O) groups is 1. The number of morpholine rings is 1. The number of carbonyl (C=O) groups excluding carboxylic acids is 1. The number of hydrogen-bond donors (Lipinski definition) is 0. The molecule has 4 nitrogen and oxygen atoms in total. The highest BCUT2D eigenvalue weighted by Crippen LogP contribution is 2.35. The lowest BCUT2D eigenvalue weighted by Crippen LogP contribution is -2.56. The van der Waals surface area contributed by atoms with Crippen molar-refractivity contribution in [2.75, 3.05) is 32.9 Å². The van der Waals surface area contributed by atoms with Crippen LogP contribution in [-0.2, 0) is 14.3 Å². The third-order valence-electron chi connectivity index (χ3n) is 4.04. The summed E-state index contributed by atoms with van der Waals surface area (Å²) in [5.41, 5.74) is -0.0850. The maximum Gasteiger partial charge on any atom is 0.307 e. The van der Waals surface area contributed by atoms with Gasteiger partial charge in [-0.25, -0.2) is 0 Å². The van der Waals surface area contributed by atoms with Gasteiger partial charge in [0.15, 0.2) is 0 Å². The fourth-order valence-electron chi connectivity index (χ4n) is 3.64. The lowest BCUT2D eigenvalue weighted by atomic mass is 9.77. The van der Waals surface area contributed by atoms with E-state index in [1.165, 1.54) is 0 Å². The Hall–Kier alpha value is -0.610. The van der Waals surface area contributed by atoms with Gasteiger partial charge >= 0.3 is 5.97 Å². The normalized spacial score (nSPS) is 17.5. The Bertz CT molecular complexity index is 299. The molecule has 0 aromatic heterocycles. The first-order chi connectivity index (χ1) is 9.89. The standard InChI is InChI=1S/C17H33NO3/c1-6-21-16(19)13-17(11-14(2)3,12-15(4)5)18-7-9-20-10-8-18/h14-15H,6-13H2,1-5H3. The van der Waals surface area contributed by atoms with Gasteiger partial charge in [-0.15, -0.1) is 0 Å². The molecule has 0 radical (unpaired) electrons. The van der Waals surface area contributed by atoms with Crippen molar-refractivity contribution in [1.29, 1.82) is 0 Å². The van der Waals surface area contributed by atoms with Crippen LogP contribution in [0, 0.1) is 11.8 Å². The van der Waals surface area contributed by atoms with Gasteiger partial charge in [-0.05, 0) is 31.6 Å². The first-order valence-electron chi connectivity index (χ1n) is 8.38. The highest BCUT2D eigenvalue weighted by Gasteiger charge is 2.40. The van der Waals surface area contributed by atoms with Gasteiger partial charge < -0.3 is 9.47 Å². The predicted octanol–water partition coefficient (Wildman–Crippen LogP) is 3.10. The van der Waals surface area contributed by atoms with Crippen molar-refractivity contribution in [3.8, 4) is 0 Å². The molecule has 0 bridgehead atoms. The average Bonchev–Trinajstić information content (AvgIpc) is 2.38. The van der Waals surface area contributed by atoms with Crippen LogP contribution in [0.3, 0.4) is 0 Å².